The number of nitrogens with one attached hydrogen (secondary N) is 2. The molecule has 0 fully saturated rings. The van der Waals surface area contributed by atoms with E-state index in [9.17, 15) is 14.0 Å². The summed E-state index contributed by atoms with van der Waals surface area (Å²) >= 11 is 2.15. The molecule has 0 aromatic heterocycles. The van der Waals surface area contributed by atoms with Crippen molar-refractivity contribution in [1.82, 2.24) is 5.43 Å². The second-order valence-electron chi connectivity index (χ2n) is 5.03. The molecular weight excluding hydrogens is 424 g/mol. The van der Waals surface area contributed by atoms with Crippen LogP contribution in [0.1, 0.15) is 23.7 Å². The maximum Gasteiger partial charge on any atom is 0.271 e. The minimum absolute atomic E-state index is 0.0182. The van der Waals surface area contributed by atoms with Crippen LogP contribution in [0.15, 0.2) is 53.6 Å². The number of nitrogens with zero attached hydrogens (tertiary/aromatic N) is 1. The van der Waals surface area contributed by atoms with Gasteiger partial charge in [-0.1, -0.05) is 0 Å². The predicted octanol–water partition coefficient (Wildman–Crippen LogP) is 3.56. The van der Waals surface area contributed by atoms with Gasteiger partial charge in [-0.15, -0.1) is 0 Å². The van der Waals surface area contributed by atoms with Crippen molar-refractivity contribution >= 4 is 45.8 Å². The van der Waals surface area contributed by atoms with E-state index in [1.807, 2.05) is 12.1 Å². The van der Waals surface area contributed by atoms with Crippen molar-refractivity contribution in [3.63, 3.8) is 0 Å². The summed E-state index contributed by atoms with van der Waals surface area (Å²) in [5.41, 5.74) is 3.85. The highest BCUT2D eigenvalue weighted by Gasteiger charge is 2.07. The van der Waals surface area contributed by atoms with Gasteiger partial charge >= 0.3 is 0 Å². The quantitative estimate of drug-likeness (QED) is 0.425. The van der Waals surface area contributed by atoms with Crippen LogP contribution in [0.5, 0.6) is 0 Å². The Hall–Kier alpha value is -2.29. The number of amides is 2. The van der Waals surface area contributed by atoms with Gasteiger partial charge in [-0.2, -0.15) is 5.10 Å². The lowest BCUT2D eigenvalue weighted by Gasteiger charge is -2.05. The largest absolute Gasteiger partial charge is 0.326 e. The Bertz CT molecular complexity index is 758. The standard InChI is InChI=1S/C17H15FIN3O2/c1-11(10-16(23)20-15-8-4-13(18)5-9-15)21-22-17(24)12-2-6-14(19)7-3-12/h2-9H,10H2,1H3,(H,20,23)(H,22,24)/b21-11+. The van der Waals surface area contributed by atoms with Crippen LogP contribution in [0.25, 0.3) is 0 Å². The zero-order valence-electron chi connectivity index (χ0n) is 12.8. The van der Waals surface area contributed by atoms with Crippen LogP contribution in [-0.4, -0.2) is 17.5 Å². The number of carbonyl (C=O) groups is 2. The highest BCUT2D eigenvalue weighted by Crippen LogP contribution is 2.09. The fourth-order valence-electron chi connectivity index (χ4n) is 1.82. The number of benzene rings is 2. The summed E-state index contributed by atoms with van der Waals surface area (Å²) in [5, 5.41) is 6.54. The molecule has 2 aromatic rings. The third kappa shape index (κ3) is 5.73. The Morgan fingerprint density at radius 1 is 1.08 bits per heavy atom. The van der Waals surface area contributed by atoms with Crippen LogP contribution >= 0.6 is 22.6 Å². The Kier molecular flexibility index (Phi) is 6.42. The third-order valence-corrected chi connectivity index (χ3v) is 3.72. The second-order valence-corrected chi connectivity index (χ2v) is 6.27. The summed E-state index contributed by atoms with van der Waals surface area (Å²) in [6.07, 6.45) is 0.0182. The molecule has 2 rings (SSSR count). The fraction of sp³-hybridized carbons (Fsp3) is 0.118. The van der Waals surface area contributed by atoms with E-state index >= 15 is 0 Å². The van der Waals surface area contributed by atoms with E-state index in [0.717, 1.165) is 3.57 Å². The van der Waals surface area contributed by atoms with Crippen molar-refractivity contribution in [3.05, 3.63) is 63.5 Å². The molecule has 2 N–H and O–H groups in total. The van der Waals surface area contributed by atoms with E-state index in [4.69, 9.17) is 0 Å². The molecule has 0 saturated carbocycles. The Morgan fingerprint density at radius 3 is 2.33 bits per heavy atom. The molecule has 124 valence electrons. The smallest absolute Gasteiger partial charge is 0.271 e. The molecule has 5 nitrogen and oxygen atoms in total. The van der Waals surface area contributed by atoms with Crippen LogP contribution in [0, 0.1) is 9.39 Å². The molecule has 2 amide bonds. The van der Waals surface area contributed by atoms with E-state index in [-0.39, 0.29) is 24.1 Å². The number of hydrazone groups is 1. The van der Waals surface area contributed by atoms with Gasteiger partial charge in [-0.25, -0.2) is 9.82 Å². The van der Waals surface area contributed by atoms with E-state index < -0.39 is 0 Å². The van der Waals surface area contributed by atoms with Crippen LogP contribution in [0.4, 0.5) is 10.1 Å². The van der Waals surface area contributed by atoms with Crippen molar-refractivity contribution in [3.8, 4) is 0 Å². The third-order valence-electron chi connectivity index (χ3n) is 3.00. The maximum atomic E-state index is 12.8. The van der Waals surface area contributed by atoms with Crippen LogP contribution in [0.2, 0.25) is 0 Å². The Morgan fingerprint density at radius 2 is 1.71 bits per heavy atom. The topological polar surface area (TPSA) is 70.6 Å². The van der Waals surface area contributed by atoms with Gasteiger partial charge in [0, 0.05) is 20.5 Å². The van der Waals surface area contributed by atoms with Gasteiger partial charge in [0.2, 0.25) is 5.91 Å². The first-order valence-electron chi connectivity index (χ1n) is 7.08. The van der Waals surface area contributed by atoms with Gasteiger partial charge in [0.15, 0.2) is 0 Å². The van der Waals surface area contributed by atoms with Gasteiger partial charge in [0.1, 0.15) is 5.82 Å². The van der Waals surface area contributed by atoms with Crippen molar-refractivity contribution in [1.29, 1.82) is 0 Å². The summed E-state index contributed by atoms with van der Waals surface area (Å²) in [7, 11) is 0. The molecule has 0 aliphatic heterocycles. The molecule has 0 unspecified atom stereocenters. The lowest BCUT2D eigenvalue weighted by atomic mass is 10.2. The molecule has 0 atom stereocenters. The Labute approximate surface area is 152 Å². The van der Waals surface area contributed by atoms with Gasteiger partial charge < -0.3 is 5.32 Å². The van der Waals surface area contributed by atoms with Crippen molar-refractivity contribution in [2.75, 3.05) is 5.32 Å². The maximum absolute atomic E-state index is 12.8. The van der Waals surface area contributed by atoms with Crippen LogP contribution in [-0.2, 0) is 4.79 Å². The van der Waals surface area contributed by atoms with Crippen LogP contribution in [0.3, 0.4) is 0 Å². The average Bonchev–Trinajstić information content (AvgIpc) is 2.55. The van der Waals surface area contributed by atoms with E-state index in [1.165, 1.54) is 24.3 Å². The Balaban J connectivity index is 1.86. The van der Waals surface area contributed by atoms with E-state index in [0.29, 0.717) is 17.0 Å². The molecule has 7 heteroatoms. The van der Waals surface area contributed by atoms with Crippen molar-refractivity contribution < 1.29 is 14.0 Å². The zero-order valence-corrected chi connectivity index (χ0v) is 15.0. The summed E-state index contributed by atoms with van der Waals surface area (Å²) in [6.45, 7) is 1.64. The second kappa shape index (κ2) is 8.53. The number of rotatable bonds is 5. The monoisotopic (exact) mass is 439 g/mol. The normalized spacial score (nSPS) is 11.0. The number of hydrogen-bond acceptors (Lipinski definition) is 3. The van der Waals surface area contributed by atoms with E-state index in [1.54, 1.807) is 19.1 Å². The summed E-state index contributed by atoms with van der Waals surface area (Å²) in [4.78, 5) is 23.8. The zero-order chi connectivity index (χ0) is 17.5. The van der Waals surface area contributed by atoms with Crippen molar-refractivity contribution in [2.45, 2.75) is 13.3 Å². The first kappa shape index (κ1) is 18.1. The molecule has 0 spiro atoms. The predicted molar refractivity (Wildman–Crippen MR) is 99.4 cm³/mol. The van der Waals surface area contributed by atoms with Gasteiger partial charge in [0.05, 0.1) is 6.42 Å². The van der Waals surface area contributed by atoms with Crippen LogP contribution < -0.4 is 10.7 Å². The first-order valence-corrected chi connectivity index (χ1v) is 8.16. The molecule has 0 radical (unpaired) electrons. The summed E-state index contributed by atoms with van der Waals surface area (Å²) < 4.78 is 13.8. The number of halogens is 2. The van der Waals surface area contributed by atoms with Gasteiger partial charge in [0.25, 0.3) is 5.91 Å². The lowest BCUT2D eigenvalue weighted by molar-refractivity contribution is -0.115. The summed E-state index contributed by atoms with van der Waals surface area (Å²) in [5.74, 6) is -1.01. The molecule has 0 bridgehead atoms. The molecule has 0 saturated heterocycles. The minimum Gasteiger partial charge on any atom is -0.326 e. The summed E-state index contributed by atoms with van der Waals surface area (Å²) in [6, 6.07) is 12.5. The van der Waals surface area contributed by atoms with Gasteiger partial charge in [-0.3, -0.25) is 9.59 Å². The molecule has 0 heterocycles. The number of hydrogen-bond donors (Lipinski definition) is 2. The number of anilines is 1. The van der Waals surface area contributed by atoms with Gasteiger partial charge in [-0.05, 0) is 78.0 Å². The first-order chi connectivity index (χ1) is 11.4. The highest BCUT2D eigenvalue weighted by molar-refractivity contribution is 14.1. The lowest BCUT2D eigenvalue weighted by Crippen LogP contribution is -2.21. The molecule has 0 aliphatic carbocycles. The average molecular weight is 439 g/mol. The van der Waals surface area contributed by atoms with E-state index in [2.05, 4.69) is 38.4 Å². The molecule has 0 aliphatic rings. The molecule has 2 aromatic carbocycles. The molecular formula is C17H15FIN3O2. The SMILES string of the molecule is C/C(CC(=O)Nc1ccc(F)cc1)=N\NC(=O)c1ccc(I)cc1. The highest BCUT2D eigenvalue weighted by atomic mass is 127. The molecule has 24 heavy (non-hydrogen) atoms. The van der Waals surface area contributed by atoms with Crippen molar-refractivity contribution in [2.24, 2.45) is 5.10 Å². The minimum atomic E-state index is -0.371. The fourth-order valence-corrected chi connectivity index (χ4v) is 2.18. The number of carbonyl (C=O) groups excluding carboxylic acids is 2.